The van der Waals surface area contributed by atoms with Crippen molar-refractivity contribution in [2.45, 2.75) is 19.8 Å². The van der Waals surface area contributed by atoms with Gasteiger partial charge in [0.25, 0.3) is 0 Å². The molecule has 1 saturated carbocycles. The number of ketones is 2. The second-order valence-corrected chi connectivity index (χ2v) is 3.79. The summed E-state index contributed by atoms with van der Waals surface area (Å²) in [6.45, 7) is 1.52. The van der Waals surface area contributed by atoms with Crippen molar-refractivity contribution in [2.75, 3.05) is 0 Å². The summed E-state index contributed by atoms with van der Waals surface area (Å²) in [4.78, 5) is 21.9. The zero-order chi connectivity index (χ0) is 9.42. The topological polar surface area (TPSA) is 34.1 Å². The van der Waals surface area contributed by atoms with E-state index in [9.17, 15) is 9.59 Å². The number of fused-ring (bicyclic) bond motifs is 1. The Balaban J connectivity index is 2.08. The third-order valence-corrected chi connectivity index (χ3v) is 2.81. The largest absolute Gasteiger partial charge is 0.299 e. The lowest BCUT2D eigenvalue weighted by molar-refractivity contribution is -0.131. The van der Waals surface area contributed by atoms with Crippen LogP contribution in [-0.2, 0) is 9.59 Å². The zero-order valence-corrected chi connectivity index (χ0v) is 7.62. The first kappa shape index (κ1) is 8.42. The molecule has 2 atom stereocenters. The summed E-state index contributed by atoms with van der Waals surface area (Å²) in [6, 6.07) is 0. The average Bonchev–Trinajstić information content (AvgIpc) is 2.37. The van der Waals surface area contributed by atoms with E-state index in [2.05, 4.69) is 6.08 Å². The molecule has 1 fully saturated rings. The predicted molar refractivity (Wildman–Crippen MR) is 49.1 cm³/mol. The minimum absolute atomic E-state index is 0.0381. The first-order valence-corrected chi connectivity index (χ1v) is 4.60. The molecule has 0 aromatic rings. The Labute approximate surface area is 77.3 Å². The lowest BCUT2D eigenvalue weighted by Gasteiger charge is -2.30. The lowest BCUT2D eigenvalue weighted by atomic mass is 9.72. The maximum absolute atomic E-state index is 11.2. The Kier molecular flexibility index (Phi) is 1.91. The van der Waals surface area contributed by atoms with E-state index in [1.165, 1.54) is 6.92 Å². The van der Waals surface area contributed by atoms with Crippen LogP contribution in [0.5, 0.6) is 0 Å². The standard InChI is InChI=1S/C11H12O2/c1-7(12)2-3-8-4-5-9-6-10(13)11(8)9/h2-4,9,11H,5-6H2,1H3/b3-2+/t9-,11-/m1/s1. The Bertz CT molecular complexity index is 323. The minimum atomic E-state index is 0.0381. The summed E-state index contributed by atoms with van der Waals surface area (Å²) < 4.78 is 0. The van der Waals surface area contributed by atoms with Gasteiger partial charge < -0.3 is 0 Å². The van der Waals surface area contributed by atoms with Crippen LogP contribution < -0.4 is 0 Å². The van der Waals surface area contributed by atoms with Gasteiger partial charge in [-0.15, -0.1) is 0 Å². The molecule has 0 amide bonds. The first-order valence-electron chi connectivity index (χ1n) is 4.60. The Morgan fingerprint density at radius 1 is 1.62 bits per heavy atom. The summed E-state index contributed by atoms with van der Waals surface area (Å²) in [7, 11) is 0. The average molecular weight is 176 g/mol. The van der Waals surface area contributed by atoms with Gasteiger partial charge in [0.1, 0.15) is 5.78 Å². The van der Waals surface area contributed by atoms with Crippen LogP contribution in [0.1, 0.15) is 19.8 Å². The molecule has 2 heteroatoms. The quantitative estimate of drug-likeness (QED) is 0.600. The fourth-order valence-electron chi connectivity index (χ4n) is 2.08. The molecule has 0 aliphatic heterocycles. The number of carbonyl (C=O) groups excluding carboxylic acids is 2. The molecular formula is C11H12O2. The van der Waals surface area contributed by atoms with Crippen LogP contribution in [0.3, 0.4) is 0 Å². The van der Waals surface area contributed by atoms with Gasteiger partial charge in [0.15, 0.2) is 5.78 Å². The smallest absolute Gasteiger partial charge is 0.152 e. The number of hydrogen-bond donors (Lipinski definition) is 0. The molecule has 0 unspecified atom stereocenters. The third kappa shape index (κ3) is 1.37. The summed E-state index contributed by atoms with van der Waals surface area (Å²) >= 11 is 0. The molecule has 0 aromatic heterocycles. The molecule has 68 valence electrons. The number of carbonyl (C=O) groups is 2. The maximum Gasteiger partial charge on any atom is 0.152 e. The molecule has 0 spiro atoms. The van der Waals surface area contributed by atoms with E-state index in [0.29, 0.717) is 11.7 Å². The van der Waals surface area contributed by atoms with Crippen molar-refractivity contribution in [1.29, 1.82) is 0 Å². The number of rotatable bonds is 2. The summed E-state index contributed by atoms with van der Waals surface area (Å²) in [5.41, 5.74) is 1.05. The molecule has 0 heterocycles. The van der Waals surface area contributed by atoms with Crippen LogP contribution in [0.25, 0.3) is 0 Å². The Hall–Kier alpha value is -1.18. The van der Waals surface area contributed by atoms with Gasteiger partial charge >= 0.3 is 0 Å². The summed E-state index contributed by atoms with van der Waals surface area (Å²) in [6.07, 6.45) is 7.16. The molecule has 2 aliphatic carbocycles. The molecule has 0 radical (unpaired) electrons. The number of hydrogen-bond acceptors (Lipinski definition) is 2. The van der Waals surface area contributed by atoms with Crippen molar-refractivity contribution >= 4 is 11.6 Å². The molecular weight excluding hydrogens is 164 g/mol. The molecule has 0 N–H and O–H groups in total. The van der Waals surface area contributed by atoms with Crippen LogP contribution in [0, 0.1) is 11.8 Å². The molecule has 2 nitrogen and oxygen atoms in total. The van der Waals surface area contributed by atoms with Crippen molar-refractivity contribution < 1.29 is 9.59 Å². The molecule has 0 aromatic carbocycles. The Morgan fingerprint density at radius 3 is 3.00 bits per heavy atom. The van der Waals surface area contributed by atoms with E-state index < -0.39 is 0 Å². The SMILES string of the molecule is CC(=O)/C=C/C1=CC[C@@H]2CC(=O)[C@H]12. The zero-order valence-electron chi connectivity index (χ0n) is 7.62. The van der Waals surface area contributed by atoms with Gasteiger partial charge in [-0.1, -0.05) is 12.2 Å². The van der Waals surface area contributed by atoms with Crippen LogP contribution in [0.4, 0.5) is 0 Å². The van der Waals surface area contributed by atoms with Crippen molar-refractivity contribution in [3.05, 3.63) is 23.8 Å². The second-order valence-electron chi connectivity index (χ2n) is 3.79. The van der Waals surface area contributed by atoms with E-state index in [-0.39, 0.29) is 11.7 Å². The van der Waals surface area contributed by atoms with E-state index in [1.807, 2.05) is 0 Å². The Morgan fingerprint density at radius 2 is 2.38 bits per heavy atom. The second kappa shape index (κ2) is 2.95. The van der Waals surface area contributed by atoms with E-state index in [1.54, 1.807) is 12.2 Å². The fourth-order valence-corrected chi connectivity index (χ4v) is 2.08. The summed E-state index contributed by atoms with van der Waals surface area (Å²) in [5, 5.41) is 0. The number of allylic oxidation sites excluding steroid dienone is 4. The first-order chi connectivity index (χ1) is 6.18. The van der Waals surface area contributed by atoms with E-state index in [4.69, 9.17) is 0 Å². The highest BCUT2D eigenvalue weighted by atomic mass is 16.1. The molecule has 2 aliphatic rings. The van der Waals surface area contributed by atoms with Crippen LogP contribution >= 0.6 is 0 Å². The normalized spacial score (nSPS) is 31.5. The predicted octanol–water partition coefficient (Wildman–Crippen LogP) is 1.67. The highest BCUT2D eigenvalue weighted by molar-refractivity contribution is 5.93. The van der Waals surface area contributed by atoms with Crippen molar-refractivity contribution in [3.63, 3.8) is 0 Å². The monoisotopic (exact) mass is 176 g/mol. The van der Waals surface area contributed by atoms with Gasteiger partial charge in [-0.05, 0) is 30.9 Å². The van der Waals surface area contributed by atoms with Gasteiger partial charge in [0.2, 0.25) is 0 Å². The highest BCUT2D eigenvalue weighted by Gasteiger charge is 2.43. The van der Waals surface area contributed by atoms with Crippen LogP contribution in [0.15, 0.2) is 23.8 Å². The minimum Gasteiger partial charge on any atom is -0.299 e. The van der Waals surface area contributed by atoms with Gasteiger partial charge in [-0.3, -0.25) is 9.59 Å². The molecule has 13 heavy (non-hydrogen) atoms. The molecule has 0 bridgehead atoms. The van der Waals surface area contributed by atoms with Gasteiger partial charge in [-0.25, -0.2) is 0 Å². The van der Waals surface area contributed by atoms with Gasteiger partial charge in [-0.2, -0.15) is 0 Å². The van der Waals surface area contributed by atoms with Crippen molar-refractivity contribution in [3.8, 4) is 0 Å². The highest BCUT2D eigenvalue weighted by Crippen LogP contribution is 2.44. The van der Waals surface area contributed by atoms with E-state index in [0.717, 1.165) is 18.4 Å². The van der Waals surface area contributed by atoms with Crippen LogP contribution in [-0.4, -0.2) is 11.6 Å². The molecule has 0 saturated heterocycles. The van der Waals surface area contributed by atoms with Gasteiger partial charge in [0, 0.05) is 12.3 Å². The lowest BCUT2D eigenvalue weighted by Crippen LogP contribution is -2.34. The van der Waals surface area contributed by atoms with E-state index >= 15 is 0 Å². The number of Topliss-reactive ketones (excluding diaryl/α,β-unsaturated/α-hetero) is 1. The summed E-state index contributed by atoms with van der Waals surface area (Å²) in [5.74, 6) is 1.03. The van der Waals surface area contributed by atoms with Crippen molar-refractivity contribution in [1.82, 2.24) is 0 Å². The van der Waals surface area contributed by atoms with Crippen molar-refractivity contribution in [2.24, 2.45) is 11.8 Å². The fraction of sp³-hybridized carbons (Fsp3) is 0.455. The third-order valence-electron chi connectivity index (χ3n) is 2.81. The van der Waals surface area contributed by atoms with Gasteiger partial charge in [0.05, 0.1) is 0 Å². The molecule has 2 rings (SSSR count). The maximum atomic E-state index is 11.2. The van der Waals surface area contributed by atoms with Crippen LogP contribution in [0.2, 0.25) is 0 Å².